The minimum absolute atomic E-state index is 0.310. The Morgan fingerprint density at radius 2 is 1.89 bits per heavy atom. The Labute approximate surface area is 108 Å². The van der Waals surface area contributed by atoms with Crippen LogP contribution in [0.3, 0.4) is 0 Å². The minimum Gasteiger partial charge on any atom is -0.418 e. The molecule has 0 fully saturated rings. The second-order valence-corrected chi connectivity index (χ2v) is 3.42. The van der Waals surface area contributed by atoms with Gasteiger partial charge in [-0.05, 0) is 22.6 Å². The van der Waals surface area contributed by atoms with Gasteiger partial charge < -0.3 is 17.3 Å². The van der Waals surface area contributed by atoms with Gasteiger partial charge in [0, 0.05) is 5.02 Å². The van der Waals surface area contributed by atoms with Crippen molar-refractivity contribution in [1.29, 1.82) is 5.39 Å². The van der Waals surface area contributed by atoms with E-state index in [4.69, 9.17) is 17.0 Å². The first kappa shape index (κ1) is 14.8. The van der Waals surface area contributed by atoms with E-state index in [1.54, 1.807) is 12.1 Å². The lowest BCUT2D eigenvalue weighted by Crippen LogP contribution is -2.02. The number of diazo groups is 1. The van der Waals surface area contributed by atoms with E-state index >= 15 is 0 Å². The van der Waals surface area contributed by atoms with Crippen LogP contribution in [0.25, 0.3) is 10.7 Å². The highest BCUT2D eigenvalue weighted by Crippen LogP contribution is 2.25. The number of aromatic nitrogens is 4. The standard InChI is InChI=1S/C7H4ClN6.BF4/c8-5-1-2-7(6(3-5)11-9)14-4-10-12-13-14;2-1(3,4)5/h1-4H;/q+1;-1. The van der Waals surface area contributed by atoms with Crippen molar-refractivity contribution < 1.29 is 17.3 Å². The van der Waals surface area contributed by atoms with Crippen LogP contribution in [0.1, 0.15) is 0 Å². The average molecular weight is 294 g/mol. The molecule has 0 aliphatic rings. The van der Waals surface area contributed by atoms with E-state index in [9.17, 15) is 17.3 Å². The maximum atomic E-state index is 9.75. The highest BCUT2D eigenvalue weighted by atomic mass is 35.5. The molecule has 0 bridgehead atoms. The molecule has 100 valence electrons. The molecule has 19 heavy (non-hydrogen) atoms. The van der Waals surface area contributed by atoms with Crippen molar-refractivity contribution in [3.05, 3.63) is 34.5 Å². The van der Waals surface area contributed by atoms with Crippen molar-refractivity contribution in [1.82, 2.24) is 20.2 Å². The van der Waals surface area contributed by atoms with Gasteiger partial charge in [-0.25, -0.2) is 0 Å². The van der Waals surface area contributed by atoms with E-state index in [1.165, 1.54) is 17.1 Å². The van der Waals surface area contributed by atoms with Crippen LogP contribution >= 0.6 is 11.6 Å². The second kappa shape index (κ2) is 6.10. The molecule has 0 aliphatic carbocycles. The second-order valence-electron chi connectivity index (χ2n) is 2.98. The molecule has 0 amide bonds. The number of hydrogen-bond donors (Lipinski definition) is 0. The van der Waals surface area contributed by atoms with Crippen LogP contribution in [0.15, 0.2) is 24.5 Å². The summed E-state index contributed by atoms with van der Waals surface area (Å²) < 4.78 is 40.4. The van der Waals surface area contributed by atoms with Crippen LogP contribution in [-0.4, -0.2) is 27.5 Å². The minimum atomic E-state index is -6.00. The molecule has 0 N–H and O–H groups in total. The number of tetrazole rings is 1. The Morgan fingerprint density at radius 3 is 2.37 bits per heavy atom. The van der Waals surface area contributed by atoms with E-state index in [2.05, 4.69) is 20.5 Å². The lowest BCUT2D eigenvalue weighted by Gasteiger charge is -1.94. The Bertz CT molecular complexity index is 574. The lowest BCUT2D eigenvalue weighted by atomic mass is 10.3. The molecule has 0 saturated carbocycles. The molecule has 1 aromatic carbocycles. The Hall–Kier alpha value is -2.22. The van der Waals surface area contributed by atoms with Gasteiger partial charge in [-0.1, -0.05) is 11.6 Å². The summed E-state index contributed by atoms with van der Waals surface area (Å²) in [5, 5.41) is 19.8. The van der Waals surface area contributed by atoms with Gasteiger partial charge in [0.15, 0.2) is 10.7 Å². The molecule has 0 aliphatic heterocycles. The fourth-order valence-electron chi connectivity index (χ4n) is 1.04. The van der Waals surface area contributed by atoms with Crippen molar-refractivity contribution in [2.75, 3.05) is 0 Å². The van der Waals surface area contributed by atoms with Gasteiger partial charge in [0.2, 0.25) is 5.39 Å². The highest BCUT2D eigenvalue weighted by Gasteiger charge is 2.20. The third-order valence-corrected chi connectivity index (χ3v) is 1.88. The predicted molar refractivity (Wildman–Crippen MR) is 59.1 cm³/mol. The van der Waals surface area contributed by atoms with Crippen LogP contribution in [0.4, 0.5) is 23.0 Å². The van der Waals surface area contributed by atoms with Crippen molar-refractivity contribution >= 4 is 24.5 Å². The summed E-state index contributed by atoms with van der Waals surface area (Å²) >= 11 is 5.72. The van der Waals surface area contributed by atoms with Gasteiger partial charge in [0.25, 0.3) is 0 Å². The largest absolute Gasteiger partial charge is 0.673 e. The first-order chi connectivity index (χ1) is 8.81. The highest BCUT2D eigenvalue weighted by molar-refractivity contribution is 6.50. The molecule has 6 nitrogen and oxygen atoms in total. The molecule has 2 aromatic rings. The van der Waals surface area contributed by atoms with Crippen LogP contribution in [0.5, 0.6) is 0 Å². The maximum absolute atomic E-state index is 9.75. The first-order valence-corrected chi connectivity index (χ1v) is 4.94. The third-order valence-electron chi connectivity index (χ3n) is 1.64. The van der Waals surface area contributed by atoms with E-state index in [-0.39, 0.29) is 0 Å². The smallest absolute Gasteiger partial charge is 0.418 e. The van der Waals surface area contributed by atoms with Gasteiger partial charge in [0.05, 0.1) is 6.07 Å². The molecule has 1 heterocycles. The molecular formula is C7H4BClF4N6. The van der Waals surface area contributed by atoms with Gasteiger partial charge in [-0.3, -0.25) is 0 Å². The molecule has 0 radical (unpaired) electrons. The molecular weight excluding hydrogens is 290 g/mol. The molecule has 0 spiro atoms. The van der Waals surface area contributed by atoms with Gasteiger partial charge in [0.1, 0.15) is 6.33 Å². The summed E-state index contributed by atoms with van der Waals surface area (Å²) in [6, 6.07) is 4.83. The van der Waals surface area contributed by atoms with E-state index in [0.717, 1.165) is 0 Å². The van der Waals surface area contributed by atoms with E-state index in [1.807, 2.05) is 0 Å². The van der Waals surface area contributed by atoms with Crippen molar-refractivity contribution in [3.63, 3.8) is 0 Å². The van der Waals surface area contributed by atoms with Crippen LogP contribution in [0.2, 0.25) is 5.02 Å². The summed E-state index contributed by atoms with van der Waals surface area (Å²) in [6.45, 7) is 0. The summed E-state index contributed by atoms with van der Waals surface area (Å²) in [7, 11) is -6.00. The summed E-state index contributed by atoms with van der Waals surface area (Å²) in [5.41, 5.74) is 0.867. The first-order valence-electron chi connectivity index (χ1n) is 4.56. The number of nitrogens with zero attached hydrogens (tertiary/aromatic N) is 6. The average Bonchev–Trinajstić information content (AvgIpc) is 2.80. The zero-order valence-corrected chi connectivity index (χ0v) is 9.72. The maximum Gasteiger partial charge on any atom is 0.673 e. The summed E-state index contributed by atoms with van der Waals surface area (Å²) in [5.74, 6) is 0. The number of rotatable bonds is 1. The molecule has 0 saturated heterocycles. The number of halogens is 5. The number of benzene rings is 1. The lowest BCUT2D eigenvalue weighted by molar-refractivity contribution is 0.368. The Balaban J connectivity index is 0.000000312. The fourth-order valence-corrected chi connectivity index (χ4v) is 1.21. The molecule has 1 aromatic heterocycles. The predicted octanol–water partition coefficient (Wildman–Crippen LogP) is 3.10. The Morgan fingerprint density at radius 1 is 1.26 bits per heavy atom. The number of hydrogen-bond acceptors (Lipinski definition) is 4. The van der Waals surface area contributed by atoms with Gasteiger partial charge in [-0.2, -0.15) is 4.68 Å². The van der Waals surface area contributed by atoms with Crippen molar-refractivity contribution in [2.24, 2.45) is 0 Å². The van der Waals surface area contributed by atoms with E-state index < -0.39 is 7.25 Å². The molecule has 0 atom stereocenters. The van der Waals surface area contributed by atoms with Crippen LogP contribution < -0.4 is 0 Å². The van der Waals surface area contributed by atoms with Crippen LogP contribution in [0, 0.1) is 5.39 Å². The van der Waals surface area contributed by atoms with Gasteiger partial charge in [-0.15, -0.1) is 5.10 Å². The zero-order valence-electron chi connectivity index (χ0n) is 8.96. The van der Waals surface area contributed by atoms with Crippen molar-refractivity contribution in [2.45, 2.75) is 0 Å². The fraction of sp³-hybridized carbons (Fsp3) is 0. The summed E-state index contributed by atoms with van der Waals surface area (Å²) in [6.07, 6.45) is 1.40. The third kappa shape index (κ3) is 5.30. The molecule has 0 unspecified atom stereocenters. The van der Waals surface area contributed by atoms with Crippen molar-refractivity contribution in [3.8, 4) is 5.69 Å². The molecule has 12 heteroatoms. The van der Waals surface area contributed by atoms with Gasteiger partial charge >= 0.3 is 12.9 Å². The molecule has 2 rings (SSSR count). The quantitative estimate of drug-likeness (QED) is 0.460. The normalized spacial score (nSPS) is 10.3. The van der Waals surface area contributed by atoms with Crippen LogP contribution in [-0.2, 0) is 0 Å². The van der Waals surface area contributed by atoms with E-state index in [0.29, 0.717) is 16.4 Å². The monoisotopic (exact) mass is 294 g/mol. The summed E-state index contributed by atoms with van der Waals surface area (Å²) in [4.78, 5) is 3.09. The Kier molecular flexibility index (Phi) is 4.77. The SMILES string of the molecule is F[B-](F)(F)F.N#[N+]c1cc(Cl)ccc1-n1cnnn1. The topological polar surface area (TPSA) is 71.8 Å². The zero-order chi connectivity index (χ0) is 14.5.